The number of pyridine rings is 1. The molecule has 1 aromatic heterocycles. The van der Waals surface area contributed by atoms with Gasteiger partial charge in [-0.25, -0.2) is 0 Å². The molecule has 2 nitrogen and oxygen atoms in total. The standard InChI is InChI=1S/C32H12BF24.C17H12Br2NO/c34-25(35,36)13-1-14(26(37,38)39)6-21(5-13)33(22-7-15(27(40,41)42)2-16(8-22)28(43,44)45,23-9-17(29(46,47)48)3-18(10-23)30(49,50)51)24-11-19(31(52,53)54)4-20(12-24)32(55,56)57;18-15-8-4-7-14-13(15)9-10-20(17(14)19)11-16(21)12-5-2-1-3-6-12/h1-12H;1-10H,11H2/q-1;+1. The van der Waals surface area contributed by atoms with Crippen LogP contribution in [0.3, 0.4) is 0 Å². The van der Waals surface area contributed by atoms with E-state index in [1.807, 2.05) is 65.4 Å². The molecule has 29 heteroatoms. The van der Waals surface area contributed by atoms with Gasteiger partial charge in [0.15, 0.2) is 6.20 Å². The molecule has 7 aromatic rings. The molecule has 0 N–H and O–H groups in total. The van der Waals surface area contributed by atoms with Crippen LogP contribution in [-0.4, -0.2) is 11.9 Å². The van der Waals surface area contributed by atoms with E-state index in [0.29, 0.717) is 6.54 Å². The van der Waals surface area contributed by atoms with Crippen LogP contribution in [0.1, 0.15) is 54.9 Å². The maximum Gasteiger partial charge on any atom is 0.416 e. The monoisotopic (exact) mass is 1270 g/mol. The van der Waals surface area contributed by atoms with Crippen molar-refractivity contribution < 1.29 is 115 Å². The molecule has 6 aromatic carbocycles. The molecule has 0 saturated carbocycles. The highest BCUT2D eigenvalue weighted by Crippen LogP contribution is 2.42. The van der Waals surface area contributed by atoms with Crippen molar-refractivity contribution in [2.45, 2.75) is 56.0 Å². The van der Waals surface area contributed by atoms with Gasteiger partial charge in [-0.05, 0) is 36.4 Å². The molecule has 0 aliphatic rings. The number of aromatic nitrogens is 1. The summed E-state index contributed by atoms with van der Waals surface area (Å²) in [6.45, 7) is 0.313. The van der Waals surface area contributed by atoms with Crippen LogP contribution < -0.4 is 26.4 Å². The summed E-state index contributed by atoms with van der Waals surface area (Å²) < 4.78 is 345. The summed E-state index contributed by atoms with van der Waals surface area (Å²) in [5.74, 6) is 0.0932. The van der Waals surface area contributed by atoms with E-state index in [2.05, 4.69) is 31.9 Å². The maximum absolute atomic E-state index is 14.2. The molecule has 78 heavy (non-hydrogen) atoms. The molecule has 0 fully saturated rings. The number of halogens is 26. The van der Waals surface area contributed by atoms with Crippen molar-refractivity contribution >= 4 is 76.4 Å². The van der Waals surface area contributed by atoms with Crippen LogP contribution in [-0.2, 0) is 56.0 Å². The van der Waals surface area contributed by atoms with Crippen LogP contribution in [0.4, 0.5) is 105 Å². The molecule has 0 spiro atoms. The first kappa shape index (κ1) is 61.0. The van der Waals surface area contributed by atoms with E-state index in [9.17, 15) is 110 Å². The van der Waals surface area contributed by atoms with Crippen LogP contribution in [0.15, 0.2) is 143 Å². The third kappa shape index (κ3) is 13.4. The van der Waals surface area contributed by atoms with E-state index < -0.39 is 195 Å². The fourth-order valence-corrected chi connectivity index (χ4v) is 9.42. The molecule has 0 saturated heterocycles. The minimum absolute atomic E-state index is 0.0932. The van der Waals surface area contributed by atoms with Crippen LogP contribution in [0.5, 0.6) is 0 Å². The van der Waals surface area contributed by atoms with Gasteiger partial charge in [0, 0.05) is 37.4 Å². The molecule has 0 atom stereocenters. The van der Waals surface area contributed by atoms with Crippen molar-refractivity contribution in [1.29, 1.82) is 0 Å². The number of carbonyl (C=O) groups excluding carboxylic acids is 1. The third-order valence-corrected chi connectivity index (χ3v) is 13.4. The summed E-state index contributed by atoms with van der Waals surface area (Å²) in [4.78, 5) is 12.3. The highest BCUT2D eigenvalue weighted by atomic mass is 79.9. The minimum atomic E-state index is -6.13. The number of benzene rings is 6. The lowest BCUT2D eigenvalue weighted by atomic mass is 9.12. The van der Waals surface area contributed by atoms with Crippen LogP contribution in [0.2, 0.25) is 0 Å². The average molecular weight is 1270 g/mol. The Labute approximate surface area is 438 Å². The van der Waals surface area contributed by atoms with Crippen molar-refractivity contribution in [2.24, 2.45) is 0 Å². The molecule has 0 aliphatic heterocycles. The Kier molecular flexibility index (Phi) is 16.5. The number of ketones is 1. The quantitative estimate of drug-likeness (QED) is 0.0512. The second-order valence-electron chi connectivity index (χ2n) is 16.9. The molecule has 416 valence electrons. The number of alkyl halides is 24. The van der Waals surface area contributed by atoms with E-state index in [-0.39, 0.29) is 5.78 Å². The Morgan fingerprint density at radius 1 is 0.359 bits per heavy atom. The van der Waals surface area contributed by atoms with Gasteiger partial charge in [0.2, 0.25) is 12.3 Å². The van der Waals surface area contributed by atoms with Gasteiger partial charge in [0.25, 0.3) is 4.60 Å². The first-order valence-corrected chi connectivity index (χ1v) is 22.7. The van der Waals surface area contributed by atoms with Crippen LogP contribution >= 0.6 is 31.9 Å². The minimum Gasteiger partial charge on any atom is -0.287 e. The molecule has 0 bridgehead atoms. The molecular formula is C49H24BBr2F24NO. The van der Waals surface area contributed by atoms with Gasteiger partial charge in [-0.1, -0.05) is 101 Å². The molecule has 0 aliphatic carbocycles. The van der Waals surface area contributed by atoms with Crippen LogP contribution in [0, 0.1) is 0 Å². The van der Waals surface area contributed by atoms with E-state index in [1.165, 1.54) is 0 Å². The lowest BCUT2D eigenvalue weighted by Gasteiger charge is -2.46. The van der Waals surface area contributed by atoms with Gasteiger partial charge in [0.1, 0.15) is 6.15 Å². The number of nitrogens with zero attached hydrogens (tertiary/aromatic N) is 1. The first-order chi connectivity index (χ1) is 35.4. The highest BCUT2D eigenvalue weighted by Gasteiger charge is 2.47. The zero-order valence-corrected chi connectivity index (χ0v) is 40.8. The summed E-state index contributed by atoms with van der Waals surface area (Å²) in [5.41, 5.74) is -29.5. The summed E-state index contributed by atoms with van der Waals surface area (Å²) in [7, 11) is 0. The first-order valence-electron chi connectivity index (χ1n) is 21.1. The third-order valence-electron chi connectivity index (χ3n) is 11.8. The Bertz CT molecular complexity index is 2930. The summed E-state index contributed by atoms with van der Waals surface area (Å²) in [5, 5.41) is 2.19. The Morgan fingerprint density at radius 2 is 0.641 bits per heavy atom. The van der Waals surface area contributed by atoms with Gasteiger partial charge >= 0.3 is 49.4 Å². The second kappa shape index (κ2) is 21.1. The summed E-state index contributed by atoms with van der Waals surface area (Å²) >= 11 is 7.15. The number of carbonyl (C=O) groups is 1. The van der Waals surface area contributed by atoms with Crippen molar-refractivity contribution in [1.82, 2.24) is 0 Å². The Morgan fingerprint density at radius 3 is 0.910 bits per heavy atom. The van der Waals surface area contributed by atoms with E-state index in [0.717, 1.165) is 25.4 Å². The lowest BCUT2D eigenvalue weighted by molar-refractivity contribution is -0.692. The molecule has 1 heterocycles. The SMILES string of the molecule is FC(F)(F)c1cc([B-](c2cc(C(F)(F)F)cc(C(F)(F)F)c2)(c2cc(C(F)(F)F)cc(C(F)(F)F)c2)c2cc(C(F)(F)F)cc(C(F)(F)F)c2)cc(C(F)(F)F)c1.O=C(C[n+]1ccc2c(Br)cccc2c1Br)c1ccccc1. The average Bonchev–Trinajstić information content (AvgIpc) is 3.35. The fraction of sp³-hybridized carbons (Fsp3) is 0.184. The molecule has 0 amide bonds. The van der Waals surface area contributed by atoms with E-state index in [4.69, 9.17) is 0 Å². The fourth-order valence-electron chi connectivity index (χ4n) is 8.33. The normalized spacial score (nSPS) is 13.4. The second-order valence-corrected chi connectivity index (χ2v) is 18.6. The topological polar surface area (TPSA) is 20.9 Å². The Balaban J connectivity index is 0.000000387. The zero-order valence-electron chi connectivity index (χ0n) is 37.7. The predicted octanol–water partition coefficient (Wildman–Crippen LogP) is 15.7. The summed E-state index contributed by atoms with van der Waals surface area (Å²) in [6, 6.07) is 8.59. The number of rotatable bonds is 7. The van der Waals surface area contributed by atoms with Gasteiger partial charge < -0.3 is 0 Å². The number of hydrogen-bond donors (Lipinski definition) is 0. The maximum atomic E-state index is 14.2. The predicted molar refractivity (Wildman–Crippen MR) is 240 cm³/mol. The molecular weight excluding hydrogens is 1250 g/mol. The number of fused-ring (bicyclic) bond motifs is 1. The lowest BCUT2D eigenvalue weighted by Crippen LogP contribution is -2.75. The smallest absolute Gasteiger partial charge is 0.287 e. The van der Waals surface area contributed by atoms with Gasteiger partial charge in [-0.15, -0.1) is 0 Å². The van der Waals surface area contributed by atoms with E-state index in [1.54, 1.807) is 0 Å². The van der Waals surface area contributed by atoms with Crippen molar-refractivity contribution in [2.75, 3.05) is 0 Å². The number of Topliss-reactive ketones (excluding diaryl/α,β-unsaturated/α-hetero) is 1. The molecule has 0 radical (unpaired) electrons. The van der Waals surface area contributed by atoms with Crippen molar-refractivity contribution in [3.63, 3.8) is 0 Å². The van der Waals surface area contributed by atoms with E-state index >= 15 is 0 Å². The van der Waals surface area contributed by atoms with Gasteiger partial charge in [0.05, 0.1) is 49.9 Å². The Hall–Kier alpha value is -6.26. The van der Waals surface area contributed by atoms with Gasteiger partial charge in [-0.2, -0.15) is 132 Å². The zero-order chi connectivity index (χ0) is 58.7. The summed E-state index contributed by atoms with van der Waals surface area (Å²) in [6.07, 6.45) is -52.9. The van der Waals surface area contributed by atoms with Crippen molar-refractivity contribution in [3.8, 4) is 0 Å². The van der Waals surface area contributed by atoms with Crippen molar-refractivity contribution in [3.05, 3.63) is 193 Å². The highest BCUT2D eigenvalue weighted by molar-refractivity contribution is 9.11. The molecule has 0 unspecified atom stereocenters. The van der Waals surface area contributed by atoms with Crippen LogP contribution in [0.25, 0.3) is 10.8 Å². The number of hydrogen-bond acceptors (Lipinski definition) is 1. The molecule has 7 rings (SSSR count). The largest absolute Gasteiger partial charge is 0.416 e. The van der Waals surface area contributed by atoms with Gasteiger partial charge in [-0.3, -0.25) is 4.79 Å².